The van der Waals surface area contributed by atoms with Crippen molar-refractivity contribution in [1.82, 2.24) is 9.80 Å². The SMILES string of the molecule is CCN(CC)CCCN1C(=O)C(=O)C(=C(O)c2ccc3c(c2)OCO3)C1c1ccc(F)cc1. The number of amides is 1. The van der Waals surface area contributed by atoms with Gasteiger partial charge >= 0.3 is 0 Å². The lowest BCUT2D eigenvalue weighted by Gasteiger charge is -2.26. The Balaban J connectivity index is 1.72. The Bertz CT molecular complexity index is 1080. The number of ketones is 1. The highest BCUT2D eigenvalue weighted by molar-refractivity contribution is 6.46. The normalized spacial score (nSPS) is 19.0. The number of aliphatic hydroxyl groups excluding tert-OH is 1. The van der Waals surface area contributed by atoms with Crippen molar-refractivity contribution in [2.24, 2.45) is 0 Å². The van der Waals surface area contributed by atoms with Gasteiger partial charge in [-0.15, -0.1) is 0 Å². The Kier molecular flexibility index (Phi) is 6.65. The average molecular weight is 454 g/mol. The number of carbonyl (C=O) groups excluding carboxylic acids is 2. The van der Waals surface area contributed by atoms with Crippen LogP contribution >= 0.6 is 0 Å². The number of aliphatic hydroxyl groups is 1. The number of fused-ring (bicyclic) bond motifs is 1. The number of benzene rings is 2. The van der Waals surface area contributed by atoms with Gasteiger partial charge in [0.15, 0.2) is 11.5 Å². The van der Waals surface area contributed by atoms with Crippen molar-refractivity contribution < 1.29 is 28.6 Å². The molecule has 1 unspecified atom stereocenters. The molecule has 1 saturated heterocycles. The maximum absolute atomic E-state index is 13.6. The summed E-state index contributed by atoms with van der Waals surface area (Å²) in [7, 11) is 0. The summed E-state index contributed by atoms with van der Waals surface area (Å²) in [5, 5.41) is 11.1. The van der Waals surface area contributed by atoms with Crippen LogP contribution in [0.2, 0.25) is 0 Å². The van der Waals surface area contributed by atoms with E-state index in [1.165, 1.54) is 29.2 Å². The van der Waals surface area contributed by atoms with Gasteiger partial charge in [0.05, 0.1) is 11.6 Å². The minimum Gasteiger partial charge on any atom is -0.507 e. The molecular formula is C25H27FN2O5. The second kappa shape index (κ2) is 9.62. The quantitative estimate of drug-likeness (QED) is 0.372. The maximum Gasteiger partial charge on any atom is 0.295 e. The van der Waals surface area contributed by atoms with Crippen molar-refractivity contribution in [2.45, 2.75) is 26.3 Å². The first-order valence-corrected chi connectivity index (χ1v) is 11.1. The van der Waals surface area contributed by atoms with Gasteiger partial charge in [-0.2, -0.15) is 0 Å². The van der Waals surface area contributed by atoms with Crippen LogP contribution in [-0.4, -0.2) is 59.6 Å². The second-order valence-corrected chi connectivity index (χ2v) is 7.99. The Morgan fingerprint density at radius 1 is 1.09 bits per heavy atom. The third kappa shape index (κ3) is 4.43. The van der Waals surface area contributed by atoms with E-state index in [4.69, 9.17) is 9.47 Å². The lowest BCUT2D eigenvalue weighted by atomic mass is 9.95. The fraction of sp³-hybridized carbons (Fsp3) is 0.360. The summed E-state index contributed by atoms with van der Waals surface area (Å²) >= 11 is 0. The standard InChI is InChI=1S/C25H27FN2O5/c1-3-27(4-2)12-5-13-28-22(16-6-9-18(26)10-7-16)21(24(30)25(28)31)23(29)17-8-11-19-20(14-17)33-15-32-19/h6-11,14,22,29H,3-5,12-13,15H2,1-2H3. The van der Waals surface area contributed by atoms with E-state index in [2.05, 4.69) is 18.7 Å². The van der Waals surface area contributed by atoms with Crippen molar-refractivity contribution in [3.63, 3.8) is 0 Å². The van der Waals surface area contributed by atoms with Gasteiger partial charge in [0.1, 0.15) is 11.6 Å². The molecule has 0 radical (unpaired) electrons. The van der Waals surface area contributed by atoms with Crippen LogP contribution in [0.5, 0.6) is 11.5 Å². The summed E-state index contributed by atoms with van der Waals surface area (Å²) in [6.07, 6.45) is 0.663. The van der Waals surface area contributed by atoms with Gasteiger partial charge in [0.25, 0.3) is 11.7 Å². The molecule has 4 rings (SSSR count). The van der Waals surface area contributed by atoms with Gasteiger partial charge in [-0.25, -0.2) is 4.39 Å². The van der Waals surface area contributed by atoms with Crippen molar-refractivity contribution in [2.75, 3.05) is 33.0 Å². The first-order chi connectivity index (χ1) is 15.9. The van der Waals surface area contributed by atoms with Gasteiger partial charge < -0.3 is 24.4 Å². The van der Waals surface area contributed by atoms with E-state index < -0.39 is 23.5 Å². The van der Waals surface area contributed by atoms with E-state index in [9.17, 15) is 19.1 Å². The fourth-order valence-corrected chi connectivity index (χ4v) is 4.31. The molecule has 0 aliphatic carbocycles. The molecule has 8 heteroatoms. The maximum atomic E-state index is 13.6. The largest absolute Gasteiger partial charge is 0.507 e. The molecular weight excluding hydrogens is 427 g/mol. The predicted molar refractivity (Wildman–Crippen MR) is 120 cm³/mol. The number of nitrogens with zero attached hydrogens (tertiary/aromatic N) is 2. The van der Waals surface area contributed by atoms with Crippen LogP contribution in [-0.2, 0) is 9.59 Å². The third-order valence-corrected chi connectivity index (χ3v) is 6.14. The molecule has 0 spiro atoms. The van der Waals surface area contributed by atoms with E-state index >= 15 is 0 Å². The Labute approximate surface area is 192 Å². The van der Waals surface area contributed by atoms with Crippen molar-refractivity contribution >= 4 is 17.4 Å². The monoisotopic (exact) mass is 454 g/mol. The summed E-state index contributed by atoms with van der Waals surface area (Å²) in [6.45, 7) is 7.10. The molecule has 1 fully saturated rings. The highest BCUT2D eigenvalue weighted by Crippen LogP contribution is 2.41. The molecule has 174 valence electrons. The summed E-state index contributed by atoms with van der Waals surface area (Å²) in [6, 6.07) is 9.66. The average Bonchev–Trinajstić information content (AvgIpc) is 3.39. The van der Waals surface area contributed by atoms with E-state index in [1.54, 1.807) is 18.2 Å². The number of likely N-dealkylation sites (tertiary alicyclic amines) is 1. The zero-order chi connectivity index (χ0) is 23.5. The summed E-state index contributed by atoms with van der Waals surface area (Å²) in [5.41, 5.74) is 0.876. The first kappa shape index (κ1) is 22.8. The molecule has 2 aliphatic heterocycles. The lowest BCUT2D eigenvalue weighted by Crippen LogP contribution is -2.33. The molecule has 2 aliphatic rings. The Morgan fingerprint density at radius 2 is 1.79 bits per heavy atom. The minimum absolute atomic E-state index is 0.0201. The molecule has 1 N–H and O–H groups in total. The molecule has 2 aromatic rings. The highest BCUT2D eigenvalue weighted by atomic mass is 19.1. The van der Waals surface area contributed by atoms with Gasteiger partial charge in [-0.05, 0) is 62.0 Å². The lowest BCUT2D eigenvalue weighted by molar-refractivity contribution is -0.140. The van der Waals surface area contributed by atoms with E-state index in [1.807, 2.05) is 0 Å². The molecule has 0 aromatic heterocycles. The van der Waals surface area contributed by atoms with Gasteiger partial charge in [0, 0.05) is 12.1 Å². The smallest absolute Gasteiger partial charge is 0.295 e. The van der Waals surface area contributed by atoms with Crippen molar-refractivity contribution in [3.8, 4) is 11.5 Å². The minimum atomic E-state index is -0.812. The molecule has 1 atom stereocenters. The number of hydrogen-bond donors (Lipinski definition) is 1. The van der Waals surface area contributed by atoms with E-state index in [0.717, 1.165) is 19.6 Å². The van der Waals surface area contributed by atoms with Gasteiger partial charge in [-0.3, -0.25) is 9.59 Å². The van der Waals surface area contributed by atoms with Crippen LogP contribution in [0, 0.1) is 5.82 Å². The van der Waals surface area contributed by atoms with Crippen LogP contribution in [0.3, 0.4) is 0 Å². The molecule has 0 bridgehead atoms. The number of ether oxygens (including phenoxy) is 2. The van der Waals surface area contributed by atoms with Crippen LogP contribution in [0.25, 0.3) is 5.76 Å². The molecule has 7 nitrogen and oxygen atoms in total. The number of Topliss-reactive ketones (excluding diaryl/α,β-unsaturated/α-hetero) is 1. The molecule has 1 amide bonds. The number of rotatable bonds is 8. The molecule has 0 saturated carbocycles. The zero-order valence-electron chi connectivity index (χ0n) is 18.7. The Morgan fingerprint density at radius 3 is 2.48 bits per heavy atom. The molecule has 33 heavy (non-hydrogen) atoms. The summed E-state index contributed by atoms with van der Waals surface area (Å²) in [4.78, 5) is 29.8. The second-order valence-electron chi connectivity index (χ2n) is 7.99. The first-order valence-electron chi connectivity index (χ1n) is 11.1. The van der Waals surface area contributed by atoms with E-state index in [0.29, 0.717) is 35.6 Å². The number of halogens is 1. The van der Waals surface area contributed by atoms with E-state index in [-0.39, 0.29) is 18.1 Å². The summed E-state index contributed by atoms with van der Waals surface area (Å²) in [5.74, 6) is -1.17. The van der Waals surface area contributed by atoms with Crippen molar-refractivity contribution in [1.29, 1.82) is 0 Å². The summed E-state index contributed by atoms with van der Waals surface area (Å²) < 4.78 is 24.3. The van der Waals surface area contributed by atoms with Crippen LogP contribution < -0.4 is 9.47 Å². The topological polar surface area (TPSA) is 79.3 Å². The zero-order valence-corrected chi connectivity index (χ0v) is 18.7. The fourth-order valence-electron chi connectivity index (χ4n) is 4.31. The van der Waals surface area contributed by atoms with Crippen LogP contribution in [0.4, 0.5) is 4.39 Å². The molecule has 2 aromatic carbocycles. The molecule has 2 heterocycles. The van der Waals surface area contributed by atoms with Gasteiger partial charge in [-0.1, -0.05) is 26.0 Å². The Hall–Kier alpha value is -3.39. The highest BCUT2D eigenvalue weighted by Gasteiger charge is 2.45. The third-order valence-electron chi connectivity index (χ3n) is 6.14. The van der Waals surface area contributed by atoms with Crippen LogP contribution in [0.15, 0.2) is 48.0 Å². The van der Waals surface area contributed by atoms with Gasteiger partial charge in [0.2, 0.25) is 6.79 Å². The number of carbonyl (C=O) groups is 2. The van der Waals surface area contributed by atoms with Crippen LogP contribution in [0.1, 0.15) is 37.4 Å². The van der Waals surface area contributed by atoms with Crippen molar-refractivity contribution in [3.05, 3.63) is 65.0 Å². The number of hydrogen-bond acceptors (Lipinski definition) is 6. The predicted octanol–water partition coefficient (Wildman–Crippen LogP) is 3.71.